The summed E-state index contributed by atoms with van der Waals surface area (Å²) in [7, 11) is 0. The lowest BCUT2D eigenvalue weighted by atomic mass is 10.2. The first-order chi connectivity index (χ1) is 8.18. The maximum absolute atomic E-state index is 11.3. The first-order valence-electron chi connectivity index (χ1n) is 5.27. The minimum absolute atomic E-state index is 0.111. The molecule has 0 unspecified atom stereocenters. The zero-order chi connectivity index (χ0) is 12.5. The van der Waals surface area contributed by atoms with Gasteiger partial charge in [-0.3, -0.25) is 4.79 Å². The number of furan rings is 1. The summed E-state index contributed by atoms with van der Waals surface area (Å²) in [6, 6.07) is 3.58. The SMILES string of the molecule is O=C(O)COCCNC(=O)CCc1ccco1. The van der Waals surface area contributed by atoms with Crippen LogP contribution in [0.15, 0.2) is 22.8 Å². The van der Waals surface area contributed by atoms with Gasteiger partial charge < -0.3 is 19.6 Å². The van der Waals surface area contributed by atoms with E-state index in [-0.39, 0.29) is 19.1 Å². The van der Waals surface area contributed by atoms with Crippen molar-refractivity contribution in [3.05, 3.63) is 24.2 Å². The highest BCUT2D eigenvalue weighted by molar-refractivity contribution is 5.76. The molecule has 94 valence electrons. The highest BCUT2D eigenvalue weighted by Crippen LogP contribution is 2.02. The molecule has 1 aromatic heterocycles. The van der Waals surface area contributed by atoms with Crippen LogP contribution in [0.3, 0.4) is 0 Å². The van der Waals surface area contributed by atoms with Crippen LogP contribution in [0.4, 0.5) is 0 Å². The number of carbonyl (C=O) groups excluding carboxylic acids is 1. The predicted octanol–water partition coefficient (Wildman–Crippen LogP) is 0.430. The number of nitrogens with one attached hydrogen (secondary N) is 1. The van der Waals surface area contributed by atoms with Crippen LogP contribution in [0.5, 0.6) is 0 Å². The molecule has 6 nitrogen and oxygen atoms in total. The second-order valence-corrected chi connectivity index (χ2v) is 3.38. The summed E-state index contributed by atoms with van der Waals surface area (Å²) < 4.78 is 9.85. The first-order valence-corrected chi connectivity index (χ1v) is 5.27. The molecule has 0 aliphatic rings. The molecule has 6 heteroatoms. The van der Waals surface area contributed by atoms with Gasteiger partial charge in [0.2, 0.25) is 5.91 Å². The molecule has 1 aromatic rings. The fourth-order valence-corrected chi connectivity index (χ4v) is 1.20. The molecule has 0 atom stereocenters. The molecule has 1 heterocycles. The molecule has 0 saturated heterocycles. The molecule has 0 spiro atoms. The van der Waals surface area contributed by atoms with Crippen LogP contribution in [-0.4, -0.2) is 36.7 Å². The molecule has 0 aromatic carbocycles. The Bertz CT molecular complexity index is 347. The third-order valence-corrected chi connectivity index (χ3v) is 1.97. The fraction of sp³-hybridized carbons (Fsp3) is 0.455. The third-order valence-electron chi connectivity index (χ3n) is 1.97. The molecule has 0 bridgehead atoms. The number of aliphatic carboxylic acids is 1. The number of carboxylic acids is 1. The van der Waals surface area contributed by atoms with Crippen molar-refractivity contribution in [2.24, 2.45) is 0 Å². The monoisotopic (exact) mass is 241 g/mol. The fourth-order valence-electron chi connectivity index (χ4n) is 1.20. The van der Waals surface area contributed by atoms with Gasteiger partial charge in [0.25, 0.3) is 0 Å². The van der Waals surface area contributed by atoms with E-state index >= 15 is 0 Å². The van der Waals surface area contributed by atoms with Crippen LogP contribution in [0.1, 0.15) is 12.2 Å². The zero-order valence-corrected chi connectivity index (χ0v) is 9.35. The zero-order valence-electron chi connectivity index (χ0n) is 9.35. The number of ether oxygens (including phenoxy) is 1. The smallest absolute Gasteiger partial charge is 0.329 e. The van der Waals surface area contributed by atoms with Crippen molar-refractivity contribution in [2.75, 3.05) is 19.8 Å². The second kappa shape index (κ2) is 7.45. The predicted molar refractivity (Wildman–Crippen MR) is 58.5 cm³/mol. The molecule has 17 heavy (non-hydrogen) atoms. The first kappa shape index (κ1) is 13.2. The average molecular weight is 241 g/mol. The van der Waals surface area contributed by atoms with Crippen molar-refractivity contribution in [2.45, 2.75) is 12.8 Å². The van der Waals surface area contributed by atoms with Gasteiger partial charge in [-0.2, -0.15) is 0 Å². The number of rotatable bonds is 8. The van der Waals surface area contributed by atoms with Crippen molar-refractivity contribution < 1.29 is 23.8 Å². The van der Waals surface area contributed by atoms with Gasteiger partial charge in [-0.15, -0.1) is 0 Å². The Morgan fingerprint density at radius 2 is 2.29 bits per heavy atom. The van der Waals surface area contributed by atoms with Crippen LogP contribution >= 0.6 is 0 Å². The number of hydrogen-bond donors (Lipinski definition) is 2. The summed E-state index contributed by atoms with van der Waals surface area (Å²) in [5.74, 6) is -0.364. The van der Waals surface area contributed by atoms with E-state index in [0.29, 0.717) is 19.4 Å². The van der Waals surface area contributed by atoms with Crippen molar-refractivity contribution >= 4 is 11.9 Å². The van der Waals surface area contributed by atoms with E-state index in [1.807, 2.05) is 6.07 Å². The highest BCUT2D eigenvalue weighted by atomic mass is 16.5. The van der Waals surface area contributed by atoms with Gasteiger partial charge in [0.05, 0.1) is 12.9 Å². The summed E-state index contributed by atoms with van der Waals surface area (Å²) in [5.41, 5.74) is 0. The molecule has 0 radical (unpaired) electrons. The van der Waals surface area contributed by atoms with Gasteiger partial charge in [-0.1, -0.05) is 0 Å². The lowest BCUT2D eigenvalue weighted by Crippen LogP contribution is -2.28. The van der Waals surface area contributed by atoms with E-state index < -0.39 is 5.97 Å². The quantitative estimate of drug-likeness (QED) is 0.644. The number of aryl methyl sites for hydroxylation is 1. The molecular weight excluding hydrogens is 226 g/mol. The molecule has 0 aliphatic carbocycles. The summed E-state index contributed by atoms with van der Waals surface area (Å²) in [6.07, 6.45) is 2.45. The van der Waals surface area contributed by atoms with Crippen LogP contribution in [0, 0.1) is 0 Å². The van der Waals surface area contributed by atoms with Crippen molar-refractivity contribution in [3.8, 4) is 0 Å². The van der Waals surface area contributed by atoms with Crippen LogP contribution in [-0.2, 0) is 20.7 Å². The molecule has 1 amide bonds. The molecule has 0 fully saturated rings. The van der Waals surface area contributed by atoms with Gasteiger partial charge >= 0.3 is 5.97 Å². The lowest BCUT2D eigenvalue weighted by molar-refractivity contribution is -0.142. The van der Waals surface area contributed by atoms with E-state index in [0.717, 1.165) is 5.76 Å². The highest BCUT2D eigenvalue weighted by Gasteiger charge is 2.03. The van der Waals surface area contributed by atoms with Gasteiger partial charge in [-0.25, -0.2) is 4.79 Å². The lowest BCUT2D eigenvalue weighted by Gasteiger charge is -2.04. The molecular formula is C11H15NO5. The van der Waals surface area contributed by atoms with Gasteiger partial charge in [0.15, 0.2) is 0 Å². The van der Waals surface area contributed by atoms with E-state index in [4.69, 9.17) is 14.3 Å². The van der Waals surface area contributed by atoms with Gasteiger partial charge in [-0.05, 0) is 12.1 Å². The minimum atomic E-state index is -1.02. The number of amides is 1. The Labute approximate surface area is 98.6 Å². The number of carbonyl (C=O) groups is 2. The van der Waals surface area contributed by atoms with E-state index in [9.17, 15) is 9.59 Å². The summed E-state index contributed by atoms with van der Waals surface area (Å²) in [6.45, 7) is 0.158. The second-order valence-electron chi connectivity index (χ2n) is 3.38. The topological polar surface area (TPSA) is 88.8 Å². The molecule has 0 aliphatic heterocycles. The summed E-state index contributed by atoms with van der Waals surface area (Å²) in [5, 5.41) is 10.9. The van der Waals surface area contributed by atoms with Crippen molar-refractivity contribution in [1.82, 2.24) is 5.32 Å². The van der Waals surface area contributed by atoms with Gasteiger partial charge in [0, 0.05) is 19.4 Å². The van der Waals surface area contributed by atoms with Crippen LogP contribution in [0.2, 0.25) is 0 Å². The number of hydrogen-bond acceptors (Lipinski definition) is 4. The van der Waals surface area contributed by atoms with Crippen LogP contribution < -0.4 is 5.32 Å². The normalized spacial score (nSPS) is 10.1. The van der Waals surface area contributed by atoms with E-state index in [1.54, 1.807) is 12.3 Å². The van der Waals surface area contributed by atoms with Gasteiger partial charge in [0.1, 0.15) is 12.4 Å². The van der Waals surface area contributed by atoms with Crippen LogP contribution in [0.25, 0.3) is 0 Å². The van der Waals surface area contributed by atoms with Crippen molar-refractivity contribution in [1.29, 1.82) is 0 Å². The van der Waals surface area contributed by atoms with E-state index in [2.05, 4.69) is 5.32 Å². The van der Waals surface area contributed by atoms with Crippen molar-refractivity contribution in [3.63, 3.8) is 0 Å². The summed E-state index contributed by atoms with van der Waals surface area (Å²) in [4.78, 5) is 21.4. The average Bonchev–Trinajstić information content (AvgIpc) is 2.78. The molecule has 0 saturated carbocycles. The third kappa shape index (κ3) is 6.36. The standard InChI is InChI=1S/C11H15NO5/c13-10(4-3-9-2-1-6-17-9)12-5-7-16-8-11(14)15/h1-2,6H,3-5,7-8H2,(H,12,13)(H,14,15). The molecule has 2 N–H and O–H groups in total. The Morgan fingerprint density at radius 3 is 2.94 bits per heavy atom. The van der Waals surface area contributed by atoms with E-state index in [1.165, 1.54) is 0 Å². The minimum Gasteiger partial charge on any atom is -0.480 e. The largest absolute Gasteiger partial charge is 0.480 e. The Morgan fingerprint density at radius 1 is 1.47 bits per heavy atom. The Kier molecular flexibility index (Phi) is 5.81. The number of carboxylic acid groups (broad SMARTS) is 1. The Balaban J connectivity index is 2.00. The Hall–Kier alpha value is -1.82. The summed E-state index contributed by atoms with van der Waals surface area (Å²) >= 11 is 0. The maximum atomic E-state index is 11.3. The maximum Gasteiger partial charge on any atom is 0.329 e. The molecule has 1 rings (SSSR count).